The summed E-state index contributed by atoms with van der Waals surface area (Å²) in [5.41, 5.74) is 1.18. The smallest absolute Gasteiger partial charge is 0.244 e. The lowest BCUT2D eigenvalue weighted by Gasteiger charge is -2.28. The highest BCUT2D eigenvalue weighted by molar-refractivity contribution is 5.76. The molecule has 2 aliphatic heterocycles. The van der Waals surface area contributed by atoms with E-state index in [-0.39, 0.29) is 12.5 Å². The maximum absolute atomic E-state index is 12.4. The second-order valence-corrected chi connectivity index (χ2v) is 6.86. The van der Waals surface area contributed by atoms with Crippen LogP contribution in [0, 0.1) is 13.8 Å². The lowest BCUT2D eigenvalue weighted by Crippen LogP contribution is -2.45. The van der Waals surface area contributed by atoms with E-state index in [0.717, 1.165) is 24.5 Å². The molecule has 0 saturated carbocycles. The highest BCUT2D eigenvalue weighted by Gasteiger charge is 2.39. The van der Waals surface area contributed by atoms with Gasteiger partial charge in [0.1, 0.15) is 6.54 Å². The number of rotatable bonds is 4. The molecule has 0 unspecified atom stereocenters. The number of carbonyl (C=O) groups excluding carboxylic acids is 1. The minimum Gasteiger partial charge on any atom is -0.387 e. The van der Waals surface area contributed by atoms with E-state index in [0.29, 0.717) is 26.1 Å². The van der Waals surface area contributed by atoms with Crippen LogP contribution in [0.5, 0.6) is 0 Å². The van der Waals surface area contributed by atoms with E-state index < -0.39 is 5.60 Å². The number of carbonyl (C=O) groups is 1. The van der Waals surface area contributed by atoms with E-state index in [1.165, 1.54) is 12.8 Å². The van der Waals surface area contributed by atoms with Crippen molar-refractivity contribution in [3.8, 4) is 0 Å². The van der Waals surface area contributed by atoms with Gasteiger partial charge in [0.25, 0.3) is 0 Å². The van der Waals surface area contributed by atoms with E-state index in [9.17, 15) is 9.90 Å². The van der Waals surface area contributed by atoms with Crippen molar-refractivity contribution in [3.05, 3.63) is 17.5 Å². The maximum Gasteiger partial charge on any atom is 0.244 e. The Morgan fingerprint density at radius 1 is 1.32 bits per heavy atom. The Hall–Kier alpha value is -1.40. The molecule has 1 N–H and O–H groups in total. The minimum atomic E-state index is -0.741. The SMILES string of the molecule is Cc1cc(C)n(CC(=O)N2CC[C@](O)(CN3CCCC3)C2)n1. The Morgan fingerprint density at radius 2 is 2.05 bits per heavy atom. The van der Waals surface area contributed by atoms with Crippen LogP contribution in [0.1, 0.15) is 30.7 Å². The third kappa shape index (κ3) is 3.33. The Balaban J connectivity index is 1.57. The zero-order valence-electron chi connectivity index (χ0n) is 13.6. The Morgan fingerprint density at radius 3 is 2.68 bits per heavy atom. The number of aliphatic hydroxyl groups is 1. The van der Waals surface area contributed by atoms with Gasteiger partial charge in [-0.25, -0.2) is 0 Å². The number of nitrogens with zero attached hydrogens (tertiary/aromatic N) is 4. The Labute approximate surface area is 131 Å². The van der Waals surface area contributed by atoms with Gasteiger partial charge in [-0.3, -0.25) is 9.48 Å². The molecule has 1 aromatic rings. The predicted molar refractivity (Wildman–Crippen MR) is 83.5 cm³/mol. The first-order valence-corrected chi connectivity index (χ1v) is 8.19. The molecule has 0 spiro atoms. The quantitative estimate of drug-likeness (QED) is 0.883. The number of likely N-dealkylation sites (tertiary alicyclic amines) is 2. The normalized spacial score (nSPS) is 26.0. The molecule has 1 aromatic heterocycles. The van der Waals surface area contributed by atoms with Gasteiger partial charge in [-0.05, 0) is 52.3 Å². The van der Waals surface area contributed by atoms with Crippen molar-refractivity contribution in [1.82, 2.24) is 19.6 Å². The van der Waals surface area contributed by atoms with Crippen molar-refractivity contribution in [3.63, 3.8) is 0 Å². The number of aromatic nitrogens is 2. The molecular weight excluding hydrogens is 280 g/mol. The average Bonchev–Trinajstić information content (AvgIpc) is 3.13. The fourth-order valence-corrected chi connectivity index (χ4v) is 3.62. The molecule has 0 radical (unpaired) electrons. The number of hydrogen-bond donors (Lipinski definition) is 1. The molecule has 1 atom stereocenters. The molecule has 0 aromatic carbocycles. The molecule has 122 valence electrons. The van der Waals surface area contributed by atoms with Gasteiger partial charge in [-0.15, -0.1) is 0 Å². The summed E-state index contributed by atoms with van der Waals surface area (Å²) in [5, 5.41) is 15.1. The summed E-state index contributed by atoms with van der Waals surface area (Å²) < 4.78 is 1.75. The molecule has 2 fully saturated rings. The van der Waals surface area contributed by atoms with Crippen molar-refractivity contribution in [2.24, 2.45) is 0 Å². The summed E-state index contributed by atoms with van der Waals surface area (Å²) in [5.74, 6) is 0.0450. The Kier molecular flexibility index (Phi) is 4.23. The highest BCUT2D eigenvalue weighted by atomic mass is 16.3. The van der Waals surface area contributed by atoms with Crippen molar-refractivity contribution < 1.29 is 9.90 Å². The lowest BCUT2D eigenvalue weighted by atomic mass is 10.0. The summed E-state index contributed by atoms with van der Waals surface area (Å²) in [6.07, 6.45) is 3.11. The van der Waals surface area contributed by atoms with Gasteiger partial charge in [0.2, 0.25) is 5.91 Å². The largest absolute Gasteiger partial charge is 0.387 e. The first-order valence-electron chi connectivity index (χ1n) is 8.19. The first-order chi connectivity index (χ1) is 10.5. The van der Waals surface area contributed by atoms with Gasteiger partial charge >= 0.3 is 0 Å². The summed E-state index contributed by atoms with van der Waals surface area (Å²) >= 11 is 0. The molecule has 6 heteroatoms. The first kappa shape index (κ1) is 15.5. The highest BCUT2D eigenvalue weighted by Crippen LogP contribution is 2.24. The van der Waals surface area contributed by atoms with Crippen LogP contribution in [0.25, 0.3) is 0 Å². The van der Waals surface area contributed by atoms with Gasteiger partial charge < -0.3 is 14.9 Å². The fraction of sp³-hybridized carbons (Fsp3) is 0.750. The number of hydrogen-bond acceptors (Lipinski definition) is 4. The number of β-amino-alcohol motifs (C(OH)–C–C–N with tert-alkyl or cyclic N) is 1. The van der Waals surface area contributed by atoms with Crippen molar-refractivity contribution in [2.75, 3.05) is 32.7 Å². The molecule has 3 rings (SSSR count). The van der Waals surface area contributed by atoms with Crippen LogP contribution in [0.2, 0.25) is 0 Å². The fourth-order valence-electron chi connectivity index (χ4n) is 3.62. The van der Waals surface area contributed by atoms with Crippen LogP contribution >= 0.6 is 0 Å². The summed E-state index contributed by atoms with van der Waals surface area (Å²) in [7, 11) is 0. The predicted octanol–water partition coefficient (Wildman–Crippen LogP) is 0.559. The monoisotopic (exact) mass is 306 g/mol. The molecule has 0 aliphatic carbocycles. The molecule has 2 aliphatic rings. The molecule has 2 saturated heterocycles. The molecule has 6 nitrogen and oxygen atoms in total. The van der Waals surface area contributed by atoms with Crippen LogP contribution in [0.15, 0.2) is 6.07 Å². The van der Waals surface area contributed by atoms with E-state index in [1.807, 2.05) is 19.9 Å². The van der Waals surface area contributed by atoms with Crippen molar-refractivity contribution in [1.29, 1.82) is 0 Å². The standard InChI is InChI=1S/C16H26N4O2/c1-13-9-14(2)20(17-13)10-15(21)19-8-5-16(22,12-19)11-18-6-3-4-7-18/h9,22H,3-8,10-12H2,1-2H3/t16-/m0/s1. The second-order valence-electron chi connectivity index (χ2n) is 6.86. The zero-order valence-corrected chi connectivity index (χ0v) is 13.6. The summed E-state index contributed by atoms with van der Waals surface area (Å²) in [4.78, 5) is 16.5. The number of aryl methyl sites for hydroxylation is 2. The minimum absolute atomic E-state index is 0.0450. The summed E-state index contributed by atoms with van der Waals surface area (Å²) in [6, 6.07) is 1.97. The van der Waals surface area contributed by atoms with Crippen LogP contribution in [-0.2, 0) is 11.3 Å². The second kappa shape index (κ2) is 6.01. The van der Waals surface area contributed by atoms with E-state index in [2.05, 4.69) is 10.00 Å². The van der Waals surface area contributed by atoms with Crippen LogP contribution in [-0.4, -0.2) is 68.9 Å². The molecule has 3 heterocycles. The van der Waals surface area contributed by atoms with Gasteiger partial charge in [-0.2, -0.15) is 5.10 Å². The van der Waals surface area contributed by atoms with E-state index >= 15 is 0 Å². The zero-order chi connectivity index (χ0) is 15.7. The maximum atomic E-state index is 12.4. The summed E-state index contributed by atoms with van der Waals surface area (Å²) in [6.45, 7) is 8.07. The van der Waals surface area contributed by atoms with Crippen LogP contribution in [0.3, 0.4) is 0 Å². The number of amides is 1. The third-order valence-corrected chi connectivity index (χ3v) is 4.79. The Bertz CT molecular complexity index is 550. The van der Waals surface area contributed by atoms with Crippen molar-refractivity contribution >= 4 is 5.91 Å². The van der Waals surface area contributed by atoms with Crippen LogP contribution < -0.4 is 0 Å². The molecule has 1 amide bonds. The van der Waals surface area contributed by atoms with Gasteiger partial charge in [0.15, 0.2) is 0 Å². The molecule has 0 bridgehead atoms. The van der Waals surface area contributed by atoms with Crippen molar-refractivity contribution in [2.45, 2.75) is 45.3 Å². The van der Waals surface area contributed by atoms with E-state index in [4.69, 9.17) is 0 Å². The molecule has 22 heavy (non-hydrogen) atoms. The van der Waals surface area contributed by atoms with Gasteiger partial charge in [-0.1, -0.05) is 0 Å². The topological polar surface area (TPSA) is 61.6 Å². The molecular formula is C16H26N4O2. The lowest BCUT2D eigenvalue weighted by molar-refractivity contribution is -0.132. The van der Waals surface area contributed by atoms with Gasteiger partial charge in [0.05, 0.1) is 17.8 Å². The van der Waals surface area contributed by atoms with E-state index in [1.54, 1.807) is 9.58 Å². The average molecular weight is 306 g/mol. The van der Waals surface area contributed by atoms with Gasteiger partial charge in [0, 0.05) is 18.8 Å². The van der Waals surface area contributed by atoms with Crippen LogP contribution in [0.4, 0.5) is 0 Å². The third-order valence-electron chi connectivity index (χ3n) is 4.79.